The average Bonchev–Trinajstić information content (AvgIpc) is 2.45. The first kappa shape index (κ1) is 15.7. The minimum Gasteiger partial charge on any atom is -0.341 e. The molecule has 0 fully saturated rings. The van der Waals surface area contributed by atoms with Crippen molar-refractivity contribution in [3.05, 3.63) is 58.0 Å². The van der Waals surface area contributed by atoms with Gasteiger partial charge in [-0.3, -0.25) is 9.59 Å². The van der Waals surface area contributed by atoms with Crippen LogP contribution in [0.5, 0.6) is 0 Å². The van der Waals surface area contributed by atoms with Gasteiger partial charge in [0.2, 0.25) is 5.43 Å². The average molecular weight is 311 g/mol. The molecule has 22 heavy (non-hydrogen) atoms. The van der Waals surface area contributed by atoms with Gasteiger partial charge in [0.15, 0.2) is 5.69 Å². The molecule has 0 aliphatic heterocycles. The molecule has 0 spiro atoms. The highest BCUT2D eigenvalue weighted by atomic mass is 19.4. The molecular formula is C14H12F3N3O2. The predicted octanol–water partition coefficient (Wildman–Crippen LogP) is 1.83. The first-order valence-corrected chi connectivity index (χ1v) is 6.29. The van der Waals surface area contributed by atoms with Crippen molar-refractivity contribution in [3.8, 4) is 5.69 Å². The maximum atomic E-state index is 12.1. The van der Waals surface area contributed by atoms with Gasteiger partial charge in [-0.1, -0.05) is 18.2 Å². The van der Waals surface area contributed by atoms with E-state index in [2.05, 4.69) is 5.10 Å². The second-order valence-electron chi connectivity index (χ2n) is 4.54. The largest absolute Gasteiger partial charge is 0.405 e. The number of rotatable bonds is 3. The molecule has 116 valence electrons. The van der Waals surface area contributed by atoms with Gasteiger partial charge in [0.25, 0.3) is 5.91 Å². The Morgan fingerprint density at radius 2 is 1.91 bits per heavy atom. The van der Waals surface area contributed by atoms with Crippen LogP contribution in [0, 0.1) is 6.92 Å². The SMILES string of the molecule is Cc1cc(=O)c(C(=O)NCC(F)(F)F)nn1-c1ccccc1. The van der Waals surface area contributed by atoms with E-state index in [-0.39, 0.29) is 0 Å². The number of aryl methyl sites for hydroxylation is 1. The molecule has 5 nitrogen and oxygen atoms in total. The second kappa shape index (κ2) is 6.00. The number of carbonyl (C=O) groups is 1. The molecule has 0 saturated heterocycles. The molecular weight excluding hydrogens is 299 g/mol. The first-order valence-electron chi connectivity index (χ1n) is 6.29. The minimum absolute atomic E-state index is 0.462. The number of hydrogen-bond donors (Lipinski definition) is 1. The summed E-state index contributed by atoms with van der Waals surface area (Å²) in [5.74, 6) is -1.16. The number of amides is 1. The van der Waals surface area contributed by atoms with Gasteiger partial charge in [0.05, 0.1) is 5.69 Å². The summed E-state index contributed by atoms with van der Waals surface area (Å²) < 4.78 is 37.7. The normalized spacial score (nSPS) is 11.3. The van der Waals surface area contributed by atoms with E-state index >= 15 is 0 Å². The smallest absolute Gasteiger partial charge is 0.341 e. The Balaban J connectivity index is 2.37. The van der Waals surface area contributed by atoms with Crippen LogP contribution in [0.3, 0.4) is 0 Å². The van der Waals surface area contributed by atoms with E-state index in [1.54, 1.807) is 42.6 Å². The number of halogens is 3. The van der Waals surface area contributed by atoms with Crippen molar-refractivity contribution < 1.29 is 18.0 Å². The van der Waals surface area contributed by atoms with Crippen molar-refractivity contribution >= 4 is 5.91 Å². The Kier molecular flexibility index (Phi) is 4.30. The summed E-state index contributed by atoms with van der Waals surface area (Å²) >= 11 is 0. The van der Waals surface area contributed by atoms with Crippen molar-refractivity contribution in [2.24, 2.45) is 0 Å². The highest BCUT2D eigenvalue weighted by Crippen LogP contribution is 2.12. The summed E-state index contributed by atoms with van der Waals surface area (Å²) in [5, 5.41) is 5.51. The lowest BCUT2D eigenvalue weighted by atomic mass is 10.2. The molecule has 1 amide bonds. The highest BCUT2D eigenvalue weighted by Gasteiger charge is 2.28. The number of carbonyl (C=O) groups excluding carboxylic acids is 1. The van der Waals surface area contributed by atoms with Crippen LogP contribution in [0.25, 0.3) is 5.69 Å². The summed E-state index contributed by atoms with van der Waals surface area (Å²) in [5.41, 5.74) is -0.267. The Labute approximate surface area is 123 Å². The van der Waals surface area contributed by atoms with E-state index in [0.29, 0.717) is 11.4 Å². The zero-order chi connectivity index (χ0) is 16.3. The van der Waals surface area contributed by atoms with Gasteiger partial charge in [-0.15, -0.1) is 0 Å². The van der Waals surface area contributed by atoms with Crippen LogP contribution in [-0.2, 0) is 0 Å². The number of nitrogens with one attached hydrogen (secondary N) is 1. The standard InChI is InChI=1S/C14H12F3N3O2/c1-9-7-11(21)12(13(22)18-8-14(15,16)17)19-20(9)10-5-3-2-4-6-10/h2-7H,8H2,1H3,(H,18,22). The monoisotopic (exact) mass is 311 g/mol. The number of benzene rings is 1. The molecule has 1 heterocycles. The van der Waals surface area contributed by atoms with E-state index in [1.807, 2.05) is 0 Å². The summed E-state index contributed by atoms with van der Waals surface area (Å²) in [6.45, 7) is 0.0883. The Morgan fingerprint density at radius 3 is 2.50 bits per heavy atom. The quantitative estimate of drug-likeness (QED) is 0.940. The van der Waals surface area contributed by atoms with Gasteiger partial charge in [-0.05, 0) is 19.1 Å². The van der Waals surface area contributed by atoms with E-state index in [9.17, 15) is 22.8 Å². The number of nitrogens with zero attached hydrogens (tertiary/aromatic N) is 2. The lowest BCUT2D eigenvalue weighted by Gasteiger charge is -2.12. The van der Waals surface area contributed by atoms with Crippen LogP contribution in [0.15, 0.2) is 41.2 Å². The molecule has 0 atom stereocenters. The van der Waals surface area contributed by atoms with Crippen molar-refractivity contribution in [3.63, 3.8) is 0 Å². The first-order chi connectivity index (χ1) is 10.3. The van der Waals surface area contributed by atoms with E-state index in [0.717, 1.165) is 6.07 Å². The molecule has 0 radical (unpaired) electrons. The lowest BCUT2D eigenvalue weighted by Crippen LogP contribution is -2.37. The molecule has 1 aromatic heterocycles. The fraction of sp³-hybridized carbons (Fsp3) is 0.214. The molecule has 1 aromatic carbocycles. The third kappa shape index (κ3) is 3.72. The van der Waals surface area contributed by atoms with Gasteiger partial charge in [0, 0.05) is 11.8 Å². The van der Waals surface area contributed by atoms with Crippen molar-refractivity contribution in [1.29, 1.82) is 0 Å². The molecule has 0 unspecified atom stereocenters. The number of aromatic nitrogens is 2. The zero-order valence-electron chi connectivity index (χ0n) is 11.5. The van der Waals surface area contributed by atoms with Crippen LogP contribution in [0.2, 0.25) is 0 Å². The third-order valence-corrected chi connectivity index (χ3v) is 2.77. The number of alkyl halides is 3. The van der Waals surface area contributed by atoms with Crippen LogP contribution in [0.1, 0.15) is 16.2 Å². The van der Waals surface area contributed by atoms with Crippen molar-refractivity contribution in [2.75, 3.05) is 6.54 Å². The van der Waals surface area contributed by atoms with Gasteiger partial charge in [0.1, 0.15) is 6.54 Å². The topological polar surface area (TPSA) is 64.0 Å². The van der Waals surface area contributed by atoms with Gasteiger partial charge in [-0.2, -0.15) is 18.3 Å². The van der Waals surface area contributed by atoms with E-state index in [4.69, 9.17) is 0 Å². The second-order valence-corrected chi connectivity index (χ2v) is 4.54. The maximum Gasteiger partial charge on any atom is 0.405 e. The highest BCUT2D eigenvalue weighted by molar-refractivity contribution is 5.92. The predicted molar refractivity (Wildman–Crippen MR) is 73.0 cm³/mol. The fourth-order valence-corrected chi connectivity index (χ4v) is 1.80. The molecule has 0 aliphatic carbocycles. The lowest BCUT2D eigenvalue weighted by molar-refractivity contribution is -0.123. The Bertz CT molecular complexity index is 739. The van der Waals surface area contributed by atoms with Crippen LogP contribution >= 0.6 is 0 Å². The minimum atomic E-state index is -4.56. The Morgan fingerprint density at radius 1 is 1.27 bits per heavy atom. The van der Waals surface area contributed by atoms with Crippen molar-refractivity contribution in [1.82, 2.24) is 15.1 Å². The number of hydrogen-bond acceptors (Lipinski definition) is 3. The third-order valence-electron chi connectivity index (χ3n) is 2.77. The molecule has 2 aromatic rings. The van der Waals surface area contributed by atoms with Crippen LogP contribution < -0.4 is 10.7 Å². The van der Waals surface area contributed by atoms with Gasteiger partial charge in [-0.25, -0.2) is 4.68 Å². The molecule has 1 N–H and O–H groups in total. The number of para-hydroxylation sites is 1. The van der Waals surface area contributed by atoms with Crippen molar-refractivity contribution in [2.45, 2.75) is 13.1 Å². The fourth-order valence-electron chi connectivity index (χ4n) is 1.80. The van der Waals surface area contributed by atoms with Gasteiger partial charge < -0.3 is 5.32 Å². The summed E-state index contributed by atoms with van der Waals surface area (Å²) in [4.78, 5) is 23.5. The van der Waals surface area contributed by atoms with Crippen LogP contribution in [-0.4, -0.2) is 28.4 Å². The zero-order valence-corrected chi connectivity index (χ0v) is 11.5. The Hall–Kier alpha value is -2.64. The summed E-state index contributed by atoms with van der Waals surface area (Å²) in [7, 11) is 0. The summed E-state index contributed by atoms with van der Waals surface area (Å²) in [6.07, 6.45) is -4.56. The van der Waals surface area contributed by atoms with E-state index in [1.165, 1.54) is 4.68 Å². The molecule has 0 aliphatic rings. The maximum absolute atomic E-state index is 12.1. The summed E-state index contributed by atoms with van der Waals surface area (Å²) in [6, 6.07) is 9.79. The van der Waals surface area contributed by atoms with E-state index < -0.39 is 29.8 Å². The molecule has 8 heteroatoms. The van der Waals surface area contributed by atoms with Crippen LogP contribution in [0.4, 0.5) is 13.2 Å². The molecule has 0 bridgehead atoms. The molecule has 2 rings (SSSR count). The van der Waals surface area contributed by atoms with Gasteiger partial charge >= 0.3 is 6.18 Å². The molecule has 0 saturated carbocycles.